The predicted octanol–water partition coefficient (Wildman–Crippen LogP) is 2.58. The maximum atomic E-state index is 13.1. The highest BCUT2D eigenvalue weighted by Crippen LogP contribution is 2.26. The van der Waals surface area contributed by atoms with Gasteiger partial charge in [0.2, 0.25) is 5.91 Å². The van der Waals surface area contributed by atoms with Crippen LogP contribution in [0, 0.1) is 0 Å². The van der Waals surface area contributed by atoms with Crippen molar-refractivity contribution in [3.8, 4) is 22.9 Å². The fraction of sp³-hybridized carbons (Fsp3) is 0.261. The van der Waals surface area contributed by atoms with Crippen LogP contribution in [0.25, 0.3) is 11.4 Å². The van der Waals surface area contributed by atoms with Gasteiger partial charge in [0.05, 0.1) is 25.5 Å². The van der Waals surface area contributed by atoms with Crippen LogP contribution in [0.15, 0.2) is 48.9 Å². The Morgan fingerprint density at radius 1 is 1.12 bits per heavy atom. The number of nitrogens with zero attached hydrogens (tertiary/aromatic N) is 4. The molecule has 1 aliphatic rings. The number of ether oxygens (including phenoxy) is 2. The minimum absolute atomic E-state index is 0.0795. The number of benzene rings is 1. The first-order valence-electron chi connectivity index (χ1n) is 10.2. The van der Waals surface area contributed by atoms with E-state index in [1.807, 2.05) is 12.1 Å². The van der Waals surface area contributed by atoms with Crippen LogP contribution in [0.1, 0.15) is 22.5 Å². The van der Waals surface area contributed by atoms with Gasteiger partial charge in [0, 0.05) is 54.6 Å². The van der Waals surface area contributed by atoms with Gasteiger partial charge < -0.3 is 19.7 Å². The van der Waals surface area contributed by atoms with Crippen molar-refractivity contribution < 1.29 is 19.1 Å². The molecule has 0 spiro atoms. The maximum Gasteiger partial charge on any atom is 0.257 e. The number of carbonyl (C=O) groups is 2. The third kappa shape index (κ3) is 4.66. The molecule has 1 aliphatic heterocycles. The third-order valence-electron chi connectivity index (χ3n) is 5.14. The summed E-state index contributed by atoms with van der Waals surface area (Å²) in [5, 5.41) is 2.80. The lowest BCUT2D eigenvalue weighted by Gasteiger charge is -2.20. The van der Waals surface area contributed by atoms with Gasteiger partial charge in [-0.15, -0.1) is 0 Å². The summed E-state index contributed by atoms with van der Waals surface area (Å²) in [6.45, 7) is 0.374. The zero-order valence-electron chi connectivity index (χ0n) is 17.9. The summed E-state index contributed by atoms with van der Waals surface area (Å²) >= 11 is 0. The molecule has 32 heavy (non-hydrogen) atoms. The SMILES string of the molecule is COc1cc(NC(=O)CN2CCCc3nc(-c4ccncc4)ncc3C2=O)cc(OC)c1. The van der Waals surface area contributed by atoms with Crippen LogP contribution in [0.3, 0.4) is 0 Å². The van der Waals surface area contributed by atoms with Crippen LogP contribution in [0.4, 0.5) is 5.69 Å². The van der Waals surface area contributed by atoms with Crippen LogP contribution in [0.5, 0.6) is 11.5 Å². The normalized spacial score (nSPS) is 13.2. The second-order valence-corrected chi connectivity index (χ2v) is 7.27. The van der Waals surface area contributed by atoms with E-state index in [0.717, 1.165) is 5.56 Å². The summed E-state index contributed by atoms with van der Waals surface area (Å²) in [7, 11) is 3.08. The van der Waals surface area contributed by atoms with Gasteiger partial charge in [-0.3, -0.25) is 14.6 Å². The topological polar surface area (TPSA) is 107 Å². The molecule has 4 rings (SSSR count). The van der Waals surface area contributed by atoms with Crippen molar-refractivity contribution in [3.63, 3.8) is 0 Å². The van der Waals surface area contributed by atoms with Gasteiger partial charge in [0.25, 0.3) is 5.91 Å². The molecule has 0 unspecified atom stereocenters. The Morgan fingerprint density at radius 2 is 1.84 bits per heavy atom. The number of methoxy groups -OCH3 is 2. The number of nitrogens with one attached hydrogen (secondary N) is 1. The number of amides is 2. The fourth-order valence-corrected chi connectivity index (χ4v) is 3.54. The van der Waals surface area contributed by atoms with Crippen LogP contribution >= 0.6 is 0 Å². The highest BCUT2D eigenvalue weighted by atomic mass is 16.5. The minimum atomic E-state index is -0.313. The van der Waals surface area contributed by atoms with Crippen LogP contribution in [-0.4, -0.2) is 59.0 Å². The summed E-state index contributed by atoms with van der Waals surface area (Å²) in [5.41, 5.74) is 2.48. The molecule has 2 amide bonds. The van der Waals surface area contributed by atoms with Crippen LogP contribution < -0.4 is 14.8 Å². The Labute approximate surface area is 185 Å². The Kier molecular flexibility index (Phi) is 6.25. The number of pyridine rings is 1. The molecule has 0 atom stereocenters. The molecule has 164 valence electrons. The van der Waals surface area contributed by atoms with E-state index >= 15 is 0 Å². The summed E-state index contributed by atoms with van der Waals surface area (Å²) in [6.07, 6.45) is 6.23. The average molecular weight is 433 g/mol. The van der Waals surface area contributed by atoms with E-state index in [9.17, 15) is 9.59 Å². The van der Waals surface area contributed by atoms with Crippen molar-refractivity contribution in [1.29, 1.82) is 0 Å². The van der Waals surface area contributed by atoms with Crippen molar-refractivity contribution in [2.45, 2.75) is 12.8 Å². The van der Waals surface area contributed by atoms with Gasteiger partial charge in [-0.05, 0) is 25.0 Å². The number of carbonyl (C=O) groups excluding carboxylic acids is 2. The van der Waals surface area contributed by atoms with E-state index in [1.165, 1.54) is 19.1 Å². The minimum Gasteiger partial charge on any atom is -0.497 e. The van der Waals surface area contributed by atoms with Gasteiger partial charge in [-0.1, -0.05) is 0 Å². The standard InChI is InChI=1S/C23H23N5O4/c1-31-17-10-16(11-18(12-17)32-2)26-21(29)14-28-9-3-4-20-19(23(28)30)13-25-22(27-20)15-5-7-24-8-6-15/h5-8,10-13H,3-4,9,14H2,1-2H3,(H,26,29). The Balaban J connectivity index is 1.49. The first-order chi connectivity index (χ1) is 15.6. The lowest BCUT2D eigenvalue weighted by molar-refractivity contribution is -0.116. The van der Waals surface area contributed by atoms with Crippen molar-refractivity contribution in [1.82, 2.24) is 19.9 Å². The van der Waals surface area contributed by atoms with Gasteiger partial charge >= 0.3 is 0 Å². The molecule has 0 radical (unpaired) electrons. The average Bonchev–Trinajstić information content (AvgIpc) is 2.97. The van der Waals surface area contributed by atoms with E-state index in [0.29, 0.717) is 53.7 Å². The first kappa shape index (κ1) is 21.2. The Morgan fingerprint density at radius 3 is 2.53 bits per heavy atom. The van der Waals surface area contributed by atoms with E-state index in [4.69, 9.17) is 9.47 Å². The van der Waals surface area contributed by atoms with Crippen molar-refractivity contribution >= 4 is 17.5 Å². The Hall–Kier alpha value is -4.01. The summed E-state index contributed by atoms with van der Waals surface area (Å²) in [6, 6.07) is 8.74. The van der Waals surface area contributed by atoms with E-state index in [1.54, 1.807) is 36.8 Å². The lowest BCUT2D eigenvalue weighted by atomic mass is 10.1. The van der Waals surface area contributed by atoms with Crippen LogP contribution in [0.2, 0.25) is 0 Å². The molecule has 2 aromatic heterocycles. The van der Waals surface area contributed by atoms with Crippen LogP contribution in [-0.2, 0) is 11.2 Å². The van der Waals surface area contributed by atoms with Crippen molar-refractivity contribution in [3.05, 3.63) is 60.2 Å². The first-order valence-corrected chi connectivity index (χ1v) is 10.2. The number of aromatic nitrogens is 3. The van der Waals surface area contributed by atoms with Gasteiger partial charge in [-0.25, -0.2) is 9.97 Å². The van der Waals surface area contributed by atoms with Crippen molar-refractivity contribution in [2.24, 2.45) is 0 Å². The van der Waals surface area contributed by atoms with E-state index < -0.39 is 0 Å². The zero-order chi connectivity index (χ0) is 22.5. The lowest BCUT2D eigenvalue weighted by Crippen LogP contribution is -2.38. The molecular weight excluding hydrogens is 410 g/mol. The quantitative estimate of drug-likeness (QED) is 0.637. The number of fused-ring (bicyclic) bond motifs is 1. The molecule has 0 bridgehead atoms. The molecule has 0 saturated heterocycles. The molecule has 0 saturated carbocycles. The number of anilines is 1. The molecule has 1 N–H and O–H groups in total. The second-order valence-electron chi connectivity index (χ2n) is 7.27. The molecule has 3 heterocycles. The molecule has 3 aromatic rings. The smallest absolute Gasteiger partial charge is 0.257 e. The summed E-state index contributed by atoms with van der Waals surface area (Å²) in [5.74, 6) is 1.10. The summed E-state index contributed by atoms with van der Waals surface area (Å²) in [4.78, 5) is 40.2. The predicted molar refractivity (Wildman–Crippen MR) is 118 cm³/mol. The monoisotopic (exact) mass is 433 g/mol. The number of hydrogen-bond acceptors (Lipinski definition) is 7. The van der Waals surface area contributed by atoms with Gasteiger partial charge in [0.15, 0.2) is 5.82 Å². The molecule has 0 fully saturated rings. The van der Waals surface area contributed by atoms with Gasteiger partial charge in [0.1, 0.15) is 18.0 Å². The molecule has 1 aromatic carbocycles. The number of rotatable bonds is 6. The second kappa shape index (κ2) is 9.42. The fourth-order valence-electron chi connectivity index (χ4n) is 3.54. The number of aryl methyl sites for hydroxylation is 1. The third-order valence-corrected chi connectivity index (χ3v) is 5.14. The largest absolute Gasteiger partial charge is 0.497 e. The molecular formula is C23H23N5O4. The highest BCUT2D eigenvalue weighted by Gasteiger charge is 2.26. The molecule has 0 aliphatic carbocycles. The maximum absolute atomic E-state index is 13.1. The molecule has 9 nitrogen and oxygen atoms in total. The molecule has 9 heteroatoms. The van der Waals surface area contributed by atoms with Crippen molar-refractivity contribution in [2.75, 3.05) is 32.6 Å². The zero-order valence-corrected chi connectivity index (χ0v) is 17.9. The highest BCUT2D eigenvalue weighted by molar-refractivity contribution is 6.00. The van der Waals surface area contributed by atoms with Gasteiger partial charge in [-0.2, -0.15) is 0 Å². The number of hydrogen-bond donors (Lipinski definition) is 1. The van der Waals surface area contributed by atoms with E-state index in [2.05, 4.69) is 20.3 Å². The Bertz CT molecular complexity index is 1110. The summed E-state index contributed by atoms with van der Waals surface area (Å²) < 4.78 is 10.5. The van der Waals surface area contributed by atoms with E-state index in [-0.39, 0.29) is 18.4 Å².